The summed E-state index contributed by atoms with van der Waals surface area (Å²) in [5.41, 5.74) is 1.66. The van der Waals surface area contributed by atoms with Crippen LogP contribution >= 0.6 is 15.8 Å². The summed E-state index contributed by atoms with van der Waals surface area (Å²) >= 11 is 0. The van der Waals surface area contributed by atoms with E-state index in [2.05, 4.69) is 145 Å². The first kappa shape index (κ1) is 41.5. The van der Waals surface area contributed by atoms with E-state index in [1.165, 1.54) is 37.9 Å². The van der Waals surface area contributed by atoms with Crippen LogP contribution in [0.2, 0.25) is 0 Å². The molecule has 0 heterocycles. The molecule has 0 bridgehead atoms. The third-order valence-corrected chi connectivity index (χ3v) is 15.6. The molecule has 264 valence electrons. The van der Waals surface area contributed by atoms with E-state index in [1.807, 2.05) is 72.8 Å². The van der Waals surface area contributed by atoms with Crippen molar-refractivity contribution < 1.29 is 44.8 Å². The van der Waals surface area contributed by atoms with E-state index in [0.717, 1.165) is 21.9 Å². The minimum Gasteiger partial charge on any atom is -0.366 e. The maximum Gasteiger partial charge on any atom is 1.00 e. The van der Waals surface area contributed by atoms with E-state index in [4.69, 9.17) is 12.8 Å². The Bertz CT molecular complexity index is 2120. The fraction of sp³-hybridized carbons (Fsp3) is 0.0204. The molecule has 0 aliphatic carbocycles. The largest absolute Gasteiger partial charge is 1.00 e. The maximum absolute atomic E-state index is 6.97. The first-order valence-electron chi connectivity index (χ1n) is 17.0. The van der Waals surface area contributed by atoms with Gasteiger partial charge in [-0.1, -0.05) is 133 Å². The number of rotatable bonds is 6. The van der Waals surface area contributed by atoms with E-state index < -0.39 is 15.8 Å². The summed E-state index contributed by atoms with van der Waals surface area (Å²) in [4.78, 5) is 0. The van der Waals surface area contributed by atoms with Gasteiger partial charge in [0.1, 0.15) is 37.1 Å². The Labute approximate surface area is 348 Å². The second-order valence-corrected chi connectivity index (χ2v) is 17.6. The molecule has 8 aromatic rings. The summed E-state index contributed by atoms with van der Waals surface area (Å²) in [6.07, 6.45) is 13.9. The van der Waals surface area contributed by atoms with Crippen molar-refractivity contribution in [3.8, 4) is 11.8 Å². The zero-order valence-corrected chi connectivity index (χ0v) is 34.6. The Hall–Kier alpha value is -4.26. The van der Waals surface area contributed by atoms with Gasteiger partial charge in [0.05, 0.1) is 0 Å². The molecule has 0 radical (unpaired) electrons. The van der Waals surface area contributed by atoms with Crippen molar-refractivity contribution in [2.75, 3.05) is 5.90 Å². The van der Waals surface area contributed by atoms with Gasteiger partial charge in [0.25, 0.3) is 0 Å². The van der Waals surface area contributed by atoms with Crippen molar-refractivity contribution in [2.24, 2.45) is 0 Å². The molecule has 8 rings (SSSR count). The van der Waals surface area contributed by atoms with Crippen molar-refractivity contribution >= 4 is 58.6 Å². The Morgan fingerprint density at radius 1 is 0.340 bits per heavy atom. The molecule has 4 heteroatoms. The van der Waals surface area contributed by atoms with Gasteiger partial charge in [-0.2, -0.15) is 0 Å². The van der Waals surface area contributed by atoms with E-state index in [0.29, 0.717) is 0 Å². The first-order valence-corrected chi connectivity index (χ1v) is 20.4. The van der Waals surface area contributed by atoms with Gasteiger partial charge in [-0.15, -0.1) is 35.4 Å². The Balaban J connectivity index is 0.000000200. The molecular formula is C49H38AgAuP2+2. The molecule has 0 unspecified atom stereocenters. The van der Waals surface area contributed by atoms with Crippen molar-refractivity contribution in [3.63, 3.8) is 0 Å². The monoisotopic (exact) mass is 992 g/mol. The molecule has 0 atom stereocenters. The fourth-order valence-corrected chi connectivity index (χ4v) is 13.7. The van der Waals surface area contributed by atoms with Gasteiger partial charge in [-0.05, 0) is 70.1 Å². The predicted octanol–water partition coefficient (Wildman–Crippen LogP) is 10.2. The first-order chi connectivity index (χ1) is 25.2. The zero-order valence-electron chi connectivity index (χ0n) is 28.9. The molecule has 0 amide bonds. The number of fused-ring (bicyclic) bond motifs is 2. The number of hydrogen-bond donors (Lipinski definition) is 0. The van der Waals surface area contributed by atoms with Gasteiger partial charge in [0, 0.05) is 0 Å². The van der Waals surface area contributed by atoms with Crippen molar-refractivity contribution in [2.45, 2.75) is 0 Å². The Morgan fingerprint density at radius 2 is 0.604 bits per heavy atom. The Morgan fingerprint density at radius 3 is 0.887 bits per heavy atom. The van der Waals surface area contributed by atoms with Gasteiger partial charge in [-0.25, -0.2) is 0 Å². The van der Waals surface area contributed by atoms with Crippen LogP contribution in [0.15, 0.2) is 206 Å². The Kier molecular flexibility index (Phi) is 17.3. The molecule has 0 aliphatic rings. The van der Waals surface area contributed by atoms with Crippen LogP contribution in [0.3, 0.4) is 0 Å². The molecule has 0 fully saturated rings. The summed E-state index contributed by atoms with van der Waals surface area (Å²) < 4.78 is 0. The maximum atomic E-state index is 6.97. The fourth-order valence-electron chi connectivity index (χ4n) is 6.01. The van der Waals surface area contributed by atoms with Gasteiger partial charge >= 0.3 is 44.8 Å². The van der Waals surface area contributed by atoms with E-state index in [9.17, 15) is 0 Å². The van der Waals surface area contributed by atoms with Crippen LogP contribution < -0.4 is 21.2 Å². The van der Waals surface area contributed by atoms with Crippen molar-refractivity contribution in [1.29, 1.82) is 0 Å². The summed E-state index contributed by atoms with van der Waals surface area (Å²) in [5, 5.41) is 10.7. The van der Waals surface area contributed by atoms with Gasteiger partial charge in [0.2, 0.25) is 0 Å². The van der Waals surface area contributed by atoms with E-state index in [1.54, 1.807) is 0 Å². The van der Waals surface area contributed by atoms with Crippen LogP contribution in [-0.2, 0) is 44.8 Å². The molecule has 0 N–H and O–H groups in total. The predicted molar refractivity (Wildman–Crippen MR) is 226 cm³/mol. The molecule has 0 aromatic heterocycles. The van der Waals surface area contributed by atoms with Gasteiger partial charge in [0.15, 0.2) is 5.90 Å². The number of hydrogen-bond acceptors (Lipinski definition) is 0. The summed E-state index contributed by atoms with van der Waals surface area (Å²) in [7, 11) is -1.69. The van der Waals surface area contributed by atoms with Crippen LogP contribution in [0.25, 0.3) is 21.5 Å². The SMILES string of the molecule is [Ag+].[Au+].[C-]#Cc1ccc2ccccc2c1.[C-]#Cc1ccc2ccccc2c1.c1ccc([PH+](C[PH+](c2ccccc2)c2ccccc2)c2ccccc2)cc1. The average molecular weight is 994 g/mol. The molecule has 0 saturated carbocycles. The molecule has 0 saturated heterocycles. The van der Waals surface area contributed by atoms with E-state index >= 15 is 0 Å². The van der Waals surface area contributed by atoms with Crippen LogP contribution in [0, 0.1) is 24.7 Å². The molecule has 0 spiro atoms. The minimum absolute atomic E-state index is 0. The third-order valence-electron chi connectivity index (χ3n) is 8.63. The third kappa shape index (κ3) is 11.9. The topological polar surface area (TPSA) is 0 Å². The molecule has 53 heavy (non-hydrogen) atoms. The van der Waals surface area contributed by atoms with Crippen molar-refractivity contribution in [3.05, 3.63) is 230 Å². The smallest absolute Gasteiger partial charge is 0.366 e. The molecule has 0 nitrogen and oxygen atoms in total. The summed E-state index contributed by atoms with van der Waals surface area (Å²) in [5.74, 6) is 5.99. The van der Waals surface area contributed by atoms with Gasteiger partial charge in [-0.3, -0.25) is 11.8 Å². The summed E-state index contributed by atoms with van der Waals surface area (Å²) in [6, 6.07) is 72.4. The average Bonchev–Trinajstić information content (AvgIpc) is 3.22. The van der Waals surface area contributed by atoms with E-state index in [-0.39, 0.29) is 44.8 Å². The van der Waals surface area contributed by atoms with Crippen LogP contribution in [0.5, 0.6) is 0 Å². The zero-order chi connectivity index (χ0) is 35.1. The molecule has 0 aliphatic heterocycles. The van der Waals surface area contributed by atoms with Crippen LogP contribution in [0.4, 0.5) is 0 Å². The minimum atomic E-state index is -0.847. The normalized spacial score (nSPS) is 9.96. The second kappa shape index (κ2) is 22.1. The van der Waals surface area contributed by atoms with Gasteiger partial charge < -0.3 is 12.8 Å². The molecule has 8 aromatic carbocycles. The van der Waals surface area contributed by atoms with Crippen LogP contribution in [0.1, 0.15) is 11.1 Å². The van der Waals surface area contributed by atoms with Crippen LogP contribution in [-0.4, -0.2) is 5.90 Å². The number of benzene rings is 8. The summed E-state index contributed by atoms with van der Waals surface area (Å²) in [6.45, 7) is 0. The standard InChI is InChI=1S/C25H22P2.2C12H7.Ag.Au/c1-5-13-22(14-6-1)26(23-15-7-2-8-16-23)21-27(24-17-9-3-10-18-24)25-19-11-4-12-20-25;2*1-2-10-7-8-11-5-3-4-6-12(11)9-10;;/h1-20H,21H2;2*3-9H;;/q;2*-1;2*+1/p+2. The second-order valence-electron chi connectivity index (χ2n) is 12.0. The van der Waals surface area contributed by atoms with Crippen molar-refractivity contribution in [1.82, 2.24) is 0 Å². The molecular weight excluding hydrogens is 955 g/mol. The quantitative estimate of drug-likeness (QED) is 0.0674.